The molecule has 2 aromatic carbocycles. The number of hydrogen-bond acceptors (Lipinski definition) is 2. The van der Waals surface area contributed by atoms with Gasteiger partial charge >= 0.3 is 0 Å². The van der Waals surface area contributed by atoms with Gasteiger partial charge < -0.3 is 0 Å². The molecule has 0 saturated heterocycles. The van der Waals surface area contributed by atoms with Crippen LogP contribution in [0.2, 0.25) is 15.1 Å². The van der Waals surface area contributed by atoms with E-state index in [0.717, 1.165) is 0 Å². The molecule has 0 aromatic heterocycles. The van der Waals surface area contributed by atoms with Crippen molar-refractivity contribution in [2.24, 2.45) is 0 Å². The summed E-state index contributed by atoms with van der Waals surface area (Å²) < 4.78 is 0. The normalized spacial score (nSPS) is 10.0. The predicted molar refractivity (Wildman–Crippen MR) is 82.8 cm³/mol. The number of amides is 2. The number of hydrazine groups is 1. The zero-order valence-electron chi connectivity index (χ0n) is 10.5. The van der Waals surface area contributed by atoms with E-state index in [0.29, 0.717) is 0 Å². The predicted octanol–water partition coefficient (Wildman–Crippen LogP) is 3.72. The van der Waals surface area contributed by atoms with Gasteiger partial charge in [-0.15, -0.1) is 0 Å². The van der Waals surface area contributed by atoms with Gasteiger partial charge in [-0.2, -0.15) is 0 Å². The zero-order chi connectivity index (χ0) is 15.4. The van der Waals surface area contributed by atoms with E-state index in [1.165, 1.54) is 12.1 Å². The second-order valence-corrected chi connectivity index (χ2v) is 5.18. The minimum atomic E-state index is -0.581. The van der Waals surface area contributed by atoms with Crippen molar-refractivity contribution in [2.45, 2.75) is 0 Å². The first-order valence-electron chi connectivity index (χ1n) is 5.80. The summed E-state index contributed by atoms with van der Waals surface area (Å²) in [6.45, 7) is 0. The fraction of sp³-hybridized carbons (Fsp3) is 0. The van der Waals surface area contributed by atoms with Crippen molar-refractivity contribution in [2.75, 3.05) is 0 Å². The van der Waals surface area contributed by atoms with E-state index in [4.69, 9.17) is 34.8 Å². The third-order valence-electron chi connectivity index (χ3n) is 2.60. The van der Waals surface area contributed by atoms with Gasteiger partial charge in [0.2, 0.25) is 0 Å². The molecule has 0 heterocycles. The van der Waals surface area contributed by atoms with Crippen LogP contribution in [0.3, 0.4) is 0 Å². The average molecular weight is 344 g/mol. The SMILES string of the molecule is O=C(NNC(=O)c1cccc(Cl)c1Cl)c1ccccc1Cl. The molecule has 0 atom stereocenters. The summed E-state index contributed by atoms with van der Waals surface area (Å²) in [5, 5.41) is 0.649. The number of carbonyl (C=O) groups is 2. The first-order chi connectivity index (χ1) is 10.0. The van der Waals surface area contributed by atoms with Crippen LogP contribution in [-0.4, -0.2) is 11.8 Å². The van der Waals surface area contributed by atoms with Gasteiger partial charge in [0.15, 0.2) is 0 Å². The van der Waals surface area contributed by atoms with Crippen LogP contribution in [0.25, 0.3) is 0 Å². The number of hydrogen-bond donors (Lipinski definition) is 2. The van der Waals surface area contributed by atoms with Gasteiger partial charge in [-0.3, -0.25) is 20.4 Å². The van der Waals surface area contributed by atoms with Gasteiger partial charge in [0.05, 0.1) is 26.2 Å². The Morgan fingerprint density at radius 2 is 1.24 bits per heavy atom. The lowest BCUT2D eigenvalue weighted by molar-refractivity contribution is 0.0847. The molecule has 0 bridgehead atoms. The van der Waals surface area contributed by atoms with Crippen LogP contribution >= 0.6 is 34.8 Å². The Balaban J connectivity index is 2.06. The van der Waals surface area contributed by atoms with Crippen molar-refractivity contribution in [3.63, 3.8) is 0 Å². The van der Waals surface area contributed by atoms with Crippen LogP contribution in [-0.2, 0) is 0 Å². The molecule has 7 heteroatoms. The van der Waals surface area contributed by atoms with Gasteiger partial charge in [-0.25, -0.2) is 0 Å². The number of nitrogens with one attached hydrogen (secondary N) is 2. The van der Waals surface area contributed by atoms with E-state index < -0.39 is 11.8 Å². The van der Waals surface area contributed by atoms with E-state index in [9.17, 15) is 9.59 Å². The van der Waals surface area contributed by atoms with Gasteiger partial charge in [0, 0.05) is 0 Å². The summed E-state index contributed by atoms with van der Waals surface area (Å²) in [6.07, 6.45) is 0. The quantitative estimate of drug-likeness (QED) is 0.817. The first-order valence-corrected chi connectivity index (χ1v) is 6.93. The van der Waals surface area contributed by atoms with Crippen LogP contribution in [0.4, 0.5) is 0 Å². The van der Waals surface area contributed by atoms with E-state index in [1.54, 1.807) is 30.3 Å². The molecule has 4 nitrogen and oxygen atoms in total. The summed E-state index contributed by atoms with van der Waals surface area (Å²) >= 11 is 17.6. The minimum absolute atomic E-state index is 0.114. The number of benzene rings is 2. The van der Waals surface area contributed by atoms with Crippen LogP contribution in [0.1, 0.15) is 20.7 Å². The Hall–Kier alpha value is -1.75. The van der Waals surface area contributed by atoms with Gasteiger partial charge in [-0.05, 0) is 24.3 Å². The smallest absolute Gasteiger partial charge is 0.267 e. The Morgan fingerprint density at radius 3 is 1.90 bits per heavy atom. The molecule has 108 valence electrons. The van der Waals surface area contributed by atoms with Crippen molar-refractivity contribution in [1.29, 1.82) is 0 Å². The van der Waals surface area contributed by atoms with Gasteiger partial charge in [0.25, 0.3) is 11.8 Å². The van der Waals surface area contributed by atoms with Crippen molar-refractivity contribution < 1.29 is 9.59 Å². The fourth-order valence-corrected chi connectivity index (χ4v) is 2.18. The number of halogens is 3. The monoisotopic (exact) mass is 342 g/mol. The first kappa shape index (κ1) is 15.6. The third-order valence-corrected chi connectivity index (χ3v) is 3.75. The Kier molecular flexibility index (Phi) is 5.07. The molecule has 0 saturated carbocycles. The van der Waals surface area contributed by atoms with E-state index in [2.05, 4.69) is 10.9 Å². The molecular weight excluding hydrogens is 335 g/mol. The Bertz CT molecular complexity index is 704. The summed E-state index contributed by atoms with van der Waals surface area (Å²) in [4.78, 5) is 23.8. The molecule has 0 fully saturated rings. The van der Waals surface area contributed by atoms with Crippen molar-refractivity contribution >= 4 is 46.6 Å². The molecule has 0 aliphatic rings. The molecule has 2 amide bonds. The molecule has 0 aliphatic heterocycles. The third kappa shape index (κ3) is 3.67. The summed E-state index contributed by atoms with van der Waals surface area (Å²) in [6, 6.07) is 11.1. The van der Waals surface area contributed by atoms with E-state index >= 15 is 0 Å². The van der Waals surface area contributed by atoms with E-state index in [1.807, 2.05) is 0 Å². The highest BCUT2D eigenvalue weighted by atomic mass is 35.5. The molecule has 0 radical (unpaired) electrons. The molecule has 0 aliphatic carbocycles. The summed E-state index contributed by atoms with van der Waals surface area (Å²) in [5.41, 5.74) is 4.92. The number of rotatable bonds is 2. The van der Waals surface area contributed by atoms with Gasteiger partial charge in [-0.1, -0.05) is 53.0 Å². The highest BCUT2D eigenvalue weighted by molar-refractivity contribution is 6.43. The van der Waals surface area contributed by atoms with Gasteiger partial charge in [0.1, 0.15) is 0 Å². The molecule has 21 heavy (non-hydrogen) atoms. The maximum absolute atomic E-state index is 11.9. The highest BCUT2D eigenvalue weighted by Gasteiger charge is 2.14. The summed E-state index contributed by atoms with van der Waals surface area (Å²) in [7, 11) is 0. The standard InChI is InChI=1S/C14H9Cl3N2O2/c15-10-6-2-1-4-8(10)13(20)18-19-14(21)9-5-3-7-11(16)12(9)17/h1-7H,(H,18,20)(H,19,21). The highest BCUT2D eigenvalue weighted by Crippen LogP contribution is 2.25. The topological polar surface area (TPSA) is 58.2 Å². The van der Waals surface area contributed by atoms with Crippen molar-refractivity contribution in [3.8, 4) is 0 Å². The lowest BCUT2D eigenvalue weighted by atomic mass is 10.2. The lowest BCUT2D eigenvalue weighted by Gasteiger charge is -2.09. The maximum atomic E-state index is 11.9. The number of carbonyl (C=O) groups excluding carboxylic acids is 2. The Morgan fingerprint density at radius 1 is 0.714 bits per heavy atom. The zero-order valence-corrected chi connectivity index (χ0v) is 12.8. The van der Waals surface area contributed by atoms with Crippen LogP contribution in [0.5, 0.6) is 0 Å². The maximum Gasteiger partial charge on any atom is 0.271 e. The molecular formula is C14H9Cl3N2O2. The fourth-order valence-electron chi connectivity index (χ4n) is 1.57. The summed E-state index contributed by atoms with van der Waals surface area (Å²) in [5.74, 6) is -1.12. The second-order valence-electron chi connectivity index (χ2n) is 3.99. The largest absolute Gasteiger partial charge is 0.271 e. The van der Waals surface area contributed by atoms with Crippen molar-refractivity contribution in [1.82, 2.24) is 10.9 Å². The second kappa shape index (κ2) is 6.80. The van der Waals surface area contributed by atoms with Crippen LogP contribution < -0.4 is 10.9 Å². The lowest BCUT2D eigenvalue weighted by Crippen LogP contribution is -2.41. The van der Waals surface area contributed by atoms with Crippen molar-refractivity contribution in [3.05, 3.63) is 68.7 Å². The molecule has 0 spiro atoms. The minimum Gasteiger partial charge on any atom is -0.267 e. The Labute approximate surface area is 136 Å². The van der Waals surface area contributed by atoms with Crippen LogP contribution in [0, 0.1) is 0 Å². The molecule has 2 N–H and O–H groups in total. The molecule has 2 aromatic rings. The molecule has 2 rings (SSSR count). The van der Waals surface area contributed by atoms with Crippen LogP contribution in [0.15, 0.2) is 42.5 Å². The van der Waals surface area contributed by atoms with E-state index in [-0.39, 0.29) is 26.2 Å². The average Bonchev–Trinajstić information content (AvgIpc) is 2.47. The molecule has 0 unspecified atom stereocenters.